The Labute approximate surface area is 128 Å². The fourth-order valence-electron chi connectivity index (χ4n) is 2.82. The predicted octanol–water partition coefficient (Wildman–Crippen LogP) is 2.08. The first-order chi connectivity index (χ1) is 9.89. The van der Waals surface area contributed by atoms with E-state index in [1.807, 2.05) is 31.4 Å². The highest BCUT2D eigenvalue weighted by atomic mass is 32.1. The molecular formula is C15H21NO4S. The minimum Gasteiger partial charge on any atom is -0.481 e. The van der Waals surface area contributed by atoms with Gasteiger partial charge in [-0.2, -0.15) is 0 Å². The first-order valence-electron chi connectivity index (χ1n) is 6.92. The van der Waals surface area contributed by atoms with Crippen molar-refractivity contribution in [1.82, 2.24) is 4.90 Å². The largest absolute Gasteiger partial charge is 0.481 e. The van der Waals surface area contributed by atoms with E-state index in [2.05, 4.69) is 0 Å². The van der Waals surface area contributed by atoms with Gasteiger partial charge in [0.25, 0.3) is 0 Å². The number of carboxylic acid groups (broad SMARTS) is 1. The molecular weight excluding hydrogens is 290 g/mol. The van der Waals surface area contributed by atoms with Gasteiger partial charge in [-0.05, 0) is 16.9 Å². The minimum atomic E-state index is -0.888. The smallest absolute Gasteiger partial charge is 0.307 e. The van der Waals surface area contributed by atoms with E-state index < -0.39 is 23.2 Å². The highest BCUT2D eigenvalue weighted by Crippen LogP contribution is 2.59. The SMILES string of the molecule is COCCN(Cc1cccs1)C(=O)[C@H]1[C@@H](C(=O)O)C1(C)C. The highest BCUT2D eigenvalue weighted by molar-refractivity contribution is 7.09. The second kappa shape index (κ2) is 6.15. The van der Waals surface area contributed by atoms with E-state index in [4.69, 9.17) is 4.74 Å². The van der Waals surface area contributed by atoms with Gasteiger partial charge in [-0.25, -0.2) is 0 Å². The van der Waals surface area contributed by atoms with Crippen molar-refractivity contribution in [3.8, 4) is 0 Å². The van der Waals surface area contributed by atoms with Crippen LogP contribution in [0.3, 0.4) is 0 Å². The standard InChI is InChI=1S/C15H21NO4S/c1-15(2)11(12(15)14(18)19)13(17)16(6-7-20-3)9-10-5-4-8-21-10/h4-5,8,11-12H,6-7,9H2,1-3H3,(H,18,19)/t11-,12+/m1/s1. The van der Waals surface area contributed by atoms with Crippen LogP contribution in [0, 0.1) is 17.3 Å². The summed E-state index contributed by atoms with van der Waals surface area (Å²) in [7, 11) is 1.59. The first-order valence-corrected chi connectivity index (χ1v) is 7.80. The summed E-state index contributed by atoms with van der Waals surface area (Å²) in [4.78, 5) is 26.7. The molecule has 0 radical (unpaired) electrons. The zero-order chi connectivity index (χ0) is 15.6. The molecule has 0 aromatic carbocycles. The number of nitrogens with zero attached hydrogens (tertiary/aromatic N) is 1. The van der Waals surface area contributed by atoms with E-state index in [9.17, 15) is 14.7 Å². The number of rotatable bonds is 7. The van der Waals surface area contributed by atoms with Crippen LogP contribution in [-0.2, 0) is 20.9 Å². The zero-order valence-corrected chi connectivity index (χ0v) is 13.4. The van der Waals surface area contributed by atoms with Crippen molar-refractivity contribution in [1.29, 1.82) is 0 Å². The third-order valence-electron chi connectivity index (χ3n) is 4.16. The summed E-state index contributed by atoms with van der Waals surface area (Å²) >= 11 is 1.59. The molecule has 0 saturated heterocycles. The molecule has 5 nitrogen and oxygen atoms in total. The van der Waals surface area contributed by atoms with Gasteiger partial charge in [0, 0.05) is 18.5 Å². The number of carbonyl (C=O) groups excluding carboxylic acids is 1. The second-order valence-corrected chi connectivity index (χ2v) is 6.98. The van der Waals surface area contributed by atoms with E-state index in [0.717, 1.165) is 4.88 Å². The summed E-state index contributed by atoms with van der Waals surface area (Å²) in [5.74, 6) is -2.00. The number of amides is 1. The maximum absolute atomic E-state index is 12.7. The van der Waals surface area contributed by atoms with Crippen LogP contribution in [-0.4, -0.2) is 42.1 Å². The van der Waals surface area contributed by atoms with Gasteiger partial charge >= 0.3 is 5.97 Å². The maximum Gasteiger partial charge on any atom is 0.307 e. The van der Waals surface area contributed by atoms with Crippen LogP contribution < -0.4 is 0 Å². The monoisotopic (exact) mass is 311 g/mol. The van der Waals surface area contributed by atoms with Gasteiger partial charge in [-0.15, -0.1) is 11.3 Å². The average Bonchev–Trinajstić information content (AvgIpc) is 2.77. The van der Waals surface area contributed by atoms with Crippen molar-refractivity contribution in [2.45, 2.75) is 20.4 Å². The molecule has 0 spiro atoms. The molecule has 1 aliphatic carbocycles. The molecule has 0 bridgehead atoms. The van der Waals surface area contributed by atoms with E-state index in [1.54, 1.807) is 23.3 Å². The molecule has 1 fully saturated rings. The Kier molecular flexibility index (Phi) is 4.68. The summed E-state index contributed by atoms with van der Waals surface area (Å²) in [6.07, 6.45) is 0. The normalized spacial score (nSPS) is 22.8. The van der Waals surface area contributed by atoms with Crippen LogP contribution in [0.15, 0.2) is 17.5 Å². The molecule has 21 heavy (non-hydrogen) atoms. The van der Waals surface area contributed by atoms with Crippen molar-refractivity contribution < 1.29 is 19.4 Å². The molecule has 2 atom stereocenters. The van der Waals surface area contributed by atoms with Crippen molar-refractivity contribution in [3.05, 3.63) is 22.4 Å². The number of carboxylic acids is 1. The van der Waals surface area contributed by atoms with Crippen molar-refractivity contribution in [3.63, 3.8) is 0 Å². The summed E-state index contributed by atoms with van der Waals surface area (Å²) in [5.41, 5.74) is -0.469. The van der Waals surface area contributed by atoms with Crippen molar-refractivity contribution >= 4 is 23.2 Å². The summed E-state index contributed by atoms with van der Waals surface area (Å²) < 4.78 is 5.06. The number of methoxy groups -OCH3 is 1. The number of thiophene rings is 1. The number of aliphatic carboxylic acids is 1. The summed E-state index contributed by atoms with van der Waals surface area (Å²) in [5, 5.41) is 11.2. The maximum atomic E-state index is 12.7. The highest BCUT2D eigenvalue weighted by Gasteiger charge is 2.66. The van der Waals surface area contributed by atoms with Gasteiger partial charge < -0.3 is 14.7 Å². The zero-order valence-electron chi connectivity index (χ0n) is 12.5. The topological polar surface area (TPSA) is 66.8 Å². The fourth-order valence-corrected chi connectivity index (χ4v) is 3.53. The summed E-state index contributed by atoms with van der Waals surface area (Å²) in [6, 6.07) is 3.92. The van der Waals surface area contributed by atoms with Crippen LogP contribution in [0.1, 0.15) is 18.7 Å². The Morgan fingerprint density at radius 2 is 2.14 bits per heavy atom. The van der Waals surface area contributed by atoms with E-state index >= 15 is 0 Å². The lowest BCUT2D eigenvalue weighted by atomic mass is 10.1. The molecule has 1 saturated carbocycles. The van der Waals surface area contributed by atoms with Gasteiger partial charge in [-0.3, -0.25) is 9.59 Å². The van der Waals surface area contributed by atoms with Gasteiger partial charge in [0.15, 0.2) is 0 Å². The Balaban J connectivity index is 2.09. The van der Waals surface area contributed by atoms with Crippen LogP contribution in [0.5, 0.6) is 0 Å². The molecule has 0 aliphatic heterocycles. The molecule has 1 aromatic heterocycles. The number of carbonyl (C=O) groups is 2. The van der Waals surface area contributed by atoms with Crippen molar-refractivity contribution in [2.75, 3.05) is 20.3 Å². The molecule has 1 N–H and O–H groups in total. The predicted molar refractivity (Wildman–Crippen MR) is 80.0 cm³/mol. The van der Waals surface area contributed by atoms with E-state index in [-0.39, 0.29) is 5.91 Å². The van der Waals surface area contributed by atoms with Crippen LogP contribution in [0.25, 0.3) is 0 Å². The van der Waals surface area contributed by atoms with Crippen LogP contribution in [0.4, 0.5) is 0 Å². The number of ether oxygens (including phenoxy) is 1. The van der Waals surface area contributed by atoms with Crippen LogP contribution in [0.2, 0.25) is 0 Å². The third-order valence-corrected chi connectivity index (χ3v) is 5.02. The summed E-state index contributed by atoms with van der Waals surface area (Å²) in [6.45, 7) is 5.12. The Morgan fingerprint density at radius 1 is 1.43 bits per heavy atom. The lowest BCUT2D eigenvalue weighted by Crippen LogP contribution is -2.35. The quantitative estimate of drug-likeness (QED) is 0.837. The first kappa shape index (κ1) is 16.0. The minimum absolute atomic E-state index is 0.0853. The van der Waals surface area contributed by atoms with Gasteiger partial charge in [-0.1, -0.05) is 19.9 Å². The van der Waals surface area contributed by atoms with Gasteiger partial charge in [0.2, 0.25) is 5.91 Å². The number of hydrogen-bond acceptors (Lipinski definition) is 4. The third kappa shape index (κ3) is 3.27. The van der Waals surface area contributed by atoms with Crippen LogP contribution >= 0.6 is 11.3 Å². The Hall–Kier alpha value is -1.40. The molecule has 2 rings (SSSR count). The molecule has 116 valence electrons. The Morgan fingerprint density at radius 3 is 2.62 bits per heavy atom. The van der Waals surface area contributed by atoms with Crippen molar-refractivity contribution in [2.24, 2.45) is 17.3 Å². The average molecular weight is 311 g/mol. The lowest BCUT2D eigenvalue weighted by molar-refractivity contribution is -0.142. The Bertz CT molecular complexity index is 512. The van der Waals surface area contributed by atoms with Gasteiger partial charge in [0.05, 0.1) is 25.0 Å². The number of hydrogen-bond donors (Lipinski definition) is 1. The van der Waals surface area contributed by atoms with E-state index in [0.29, 0.717) is 19.7 Å². The molecule has 0 unspecified atom stereocenters. The fraction of sp³-hybridized carbons (Fsp3) is 0.600. The molecule has 1 aliphatic rings. The second-order valence-electron chi connectivity index (χ2n) is 5.95. The molecule has 1 aromatic rings. The molecule has 1 heterocycles. The lowest BCUT2D eigenvalue weighted by Gasteiger charge is -2.22. The van der Waals surface area contributed by atoms with Gasteiger partial charge in [0.1, 0.15) is 0 Å². The molecule has 6 heteroatoms. The molecule has 1 amide bonds. The van der Waals surface area contributed by atoms with E-state index in [1.165, 1.54) is 0 Å².